The van der Waals surface area contributed by atoms with Crippen LogP contribution in [0.1, 0.15) is 44.1 Å². The van der Waals surface area contributed by atoms with Gasteiger partial charge in [0, 0.05) is 6.54 Å². The molecule has 0 spiro atoms. The van der Waals surface area contributed by atoms with E-state index < -0.39 is 0 Å². The topological polar surface area (TPSA) is 71.4 Å². The van der Waals surface area contributed by atoms with Crippen LogP contribution in [-0.4, -0.2) is 31.7 Å². The lowest BCUT2D eigenvalue weighted by Gasteiger charge is -2.18. The van der Waals surface area contributed by atoms with Gasteiger partial charge in [0.25, 0.3) is 0 Å². The molecule has 2 aromatic rings. The van der Waals surface area contributed by atoms with Crippen LogP contribution in [0.2, 0.25) is 5.02 Å². The van der Waals surface area contributed by atoms with Gasteiger partial charge in [0.1, 0.15) is 5.69 Å². The van der Waals surface area contributed by atoms with Crippen molar-refractivity contribution in [3.63, 3.8) is 0 Å². The minimum Gasteiger partial charge on any atom is -0.304 e. The third kappa shape index (κ3) is 3.13. The zero-order chi connectivity index (χ0) is 13.7. The predicted molar refractivity (Wildman–Crippen MR) is 74.0 cm³/mol. The van der Waals surface area contributed by atoms with Crippen LogP contribution < -0.4 is 5.32 Å². The fourth-order valence-electron chi connectivity index (χ4n) is 2.03. The summed E-state index contributed by atoms with van der Waals surface area (Å²) in [6, 6.07) is -0.0831. The van der Waals surface area contributed by atoms with Crippen LogP contribution in [0, 0.1) is 0 Å². The summed E-state index contributed by atoms with van der Waals surface area (Å²) in [5.41, 5.74) is 1.78. The molecule has 0 aliphatic rings. The molecule has 0 aliphatic carbocycles. The fourth-order valence-corrected chi connectivity index (χ4v) is 2.28. The van der Waals surface area contributed by atoms with E-state index >= 15 is 0 Å². The minimum atomic E-state index is -0.0831. The second kappa shape index (κ2) is 6.68. The van der Waals surface area contributed by atoms with Crippen LogP contribution in [-0.2, 0) is 6.54 Å². The molecule has 2 N–H and O–H groups in total. The Balaban J connectivity index is 2.34. The maximum atomic E-state index is 6.29. The van der Waals surface area contributed by atoms with Crippen molar-refractivity contribution in [1.29, 1.82) is 0 Å². The molecule has 0 fully saturated rings. The van der Waals surface area contributed by atoms with E-state index in [0.717, 1.165) is 37.3 Å². The third-order valence-corrected chi connectivity index (χ3v) is 3.16. The first-order chi connectivity index (χ1) is 9.27. The van der Waals surface area contributed by atoms with Crippen molar-refractivity contribution in [1.82, 2.24) is 30.5 Å². The van der Waals surface area contributed by atoms with Crippen molar-refractivity contribution in [2.45, 2.75) is 39.3 Å². The van der Waals surface area contributed by atoms with E-state index in [1.54, 1.807) is 12.4 Å². The lowest BCUT2D eigenvalue weighted by molar-refractivity contribution is 0.505. The average molecular weight is 283 g/mol. The predicted octanol–water partition coefficient (Wildman–Crippen LogP) is 2.15. The molecule has 1 unspecified atom stereocenters. The number of hydrogen-bond donors (Lipinski definition) is 2. The van der Waals surface area contributed by atoms with Gasteiger partial charge in [-0.2, -0.15) is 20.5 Å². The van der Waals surface area contributed by atoms with Crippen LogP contribution in [0.4, 0.5) is 0 Å². The van der Waals surface area contributed by atoms with Crippen LogP contribution in [0.5, 0.6) is 0 Å². The smallest absolute Gasteiger partial charge is 0.106 e. The summed E-state index contributed by atoms with van der Waals surface area (Å²) in [5, 5.41) is 19.1. The molecule has 0 aliphatic heterocycles. The number of aromatic amines is 1. The van der Waals surface area contributed by atoms with E-state index in [4.69, 9.17) is 11.6 Å². The number of nitrogens with one attached hydrogen (secondary N) is 2. The Kier molecular flexibility index (Phi) is 4.93. The SMILES string of the molecule is CCCNC(c1cn[nH]n1)c1c(Cl)cnn1CCC. The van der Waals surface area contributed by atoms with Gasteiger partial charge in [-0.25, -0.2) is 0 Å². The molecule has 104 valence electrons. The Morgan fingerprint density at radius 2 is 2.21 bits per heavy atom. The first-order valence-corrected chi connectivity index (χ1v) is 6.96. The van der Waals surface area contributed by atoms with E-state index in [1.165, 1.54) is 0 Å². The molecule has 0 bridgehead atoms. The van der Waals surface area contributed by atoms with E-state index in [0.29, 0.717) is 5.02 Å². The minimum absolute atomic E-state index is 0.0831. The Labute approximate surface area is 117 Å². The van der Waals surface area contributed by atoms with E-state index in [1.807, 2.05) is 4.68 Å². The highest BCUT2D eigenvalue weighted by molar-refractivity contribution is 6.31. The molecule has 0 amide bonds. The first kappa shape index (κ1) is 14.0. The standard InChI is InChI=1S/C12H19ClN6/c1-3-5-14-11(10-8-15-18-17-10)12-9(13)7-16-19(12)6-4-2/h7-8,11,14H,3-6H2,1-2H3,(H,15,17,18). The first-order valence-electron chi connectivity index (χ1n) is 6.58. The highest BCUT2D eigenvalue weighted by atomic mass is 35.5. The number of hydrogen-bond acceptors (Lipinski definition) is 4. The summed E-state index contributed by atoms with van der Waals surface area (Å²) in [7, 11) is 0. The van der Waals surface area contributed by atoms with Crippen molar-refractivity contribution in [2.75, 3.05) is 6.54 Å². The number of aryl methyl sites for hydroxylation is 1. The zero-order valence-electron chi connectivity index (χ0n) is 11.2. The molecule has 19 heavy (non-hydrogen) atoms. The summed E-state index contributed by atoms with van der Waals surface area (Å²) in [6.07, 6.45) is 5.44. The van der Waals surface area contributed by atoms with Crippen LogP contribution in [0.15, 0.2) is 12.4 Å². The summed E-state index contributed by atoms with van der Waals surface area (Å²) >= 11 is 6.29. The summed E-state index contributed by atoms with van der Waals surface area (Å²) < 4.78 is 1.93. The molecule has 2 rings (SSSR count). The summed E-state index contributed by atoms with van der Waals surface area (Å²) in [4.78, 5) is 0. The van der Waals surface area contributed by atoms with Crippen molar-refractivity contribution >= 4 is 11.6 Å². The molecule has 6 nitrogen and oxygen atoms in total. The van der Waals surface area contributed by atoms with Crippen molar-refractivity contribution in [3.8, 4) is 0 Å². The molecule has 0 saturated carbocycles. The van der Waals surface area contributed by atoms with Crippen molar-refractivity contribution < 1.29 is 0 Å². The van der Waals surface area contributed by atoms with E-state index in [2.05, 4.69) is 39.7 Å². The molecule has 0 aromatic carbocycles. The van der Waals surface area contributed by atoms with Gasteiger partial charge in [-0.3, -0.25) is 4.68 Å². The number of rotatable bonds is 7. The van der Waals surface area contributed by atoms with Gasteiger partial charge < -0.3 is 5.32 Å². The quantitative estimate of drug-likeness (QED) is 0.816. The number of halogens is 1. The molecule has 7 heteroatoms. The largest absolute Gasteiger partial charge is 0.304 e. The molecule has 0 radical (unpaired) electrons. The maximum absolute atomic E-state index is 6.29. The Bertz CT molecular complexity index is 492. The lowest BCUT2D eigenvalue weighted by Crippen LogP contribution is -2.26. The molecule has 2 heterocycles. The average Bonchev–Trinajstić information content (AvgIpc) is 3.03. The molecule has 2 aromatic heterocycles. The fraction of sp³-hybridized carbons (Fsp3) is 0.583. The van der Waals surface area contributed by atoms with Gasteiger partial charge in [0.15, 0.2) is 0 Å². The second-order valence-electron chi connectivity index (χ2n) is 4.38. The zero-order valence-corrected chi connectivity index (χ0v) is 12.0. The van der Waals surface area contributed by atoms with Gasteiger partial charge in [0.2, 0.25) is 0 Å². The monoisotopic (exact) mass is 282 g/mol. The lowest BCUT2D eigenvalue weighted by atomic mass is 10.1. The number of H-pyrrole nitrogens is 1. The normalized spacial score (nSPS) is 12.8. The second-order valence-corrected chi connectivity index (χ2v) is 4.79. The Morgan fingerprint density at radius 3 is 2.84 bits per heavy atom. The van der Waals surface area contributed by atoms with Gasteiger partial charge in [0.05, 0.1) is 29.2 Å². The van der Waals surface area contributed by atoms with Gasteiger partial charge in [-0.05, 0) is 19.4 Å². The van der Waals surface area contributed by atoms with Gasteiger partial charge in [-0.1, -0.05) is 25.4 Å². The summed E-state index contributed by atoms with van der Waals surface area (Å²) in [6.45, 7) is 5.96. The Morgan fingerprint density at radius 1 is 1.37 bits per heavy atom. The summed E-state index contributed by atoms with van der Waals surface area (Å²) in [5.74, 6) is 0. The Hall–Kier alpha value is -1.40. The van der Waals surface area contributed by atoms with Gasteiger partial charge >= 0.3 is 0 Å². The highest BCUT2D eigenvalue weighted by Gasteiger charge is 2.23. The highest BCUT2D eigenvalue weighted by Crippen LogP contribution is 2.27. The van der Waals surface area contributed by atoms with Crippen LogP contribution >= 0.6 is 11.6 Å². The van der Waals surface area contributed by atoms with Crippen molar-refractivity contribution in [3.05, 3.63) is 28.8 Å². The third-order valence-electron chi connectivity index (χ3n) is 2.87. The molecule has 1 atom stereocenters. The van der Waals surface area contributed by atoms with Crippen LogP contribution in [0.25, 0.3) is 0 Å². The van der Waals surface area contributed by atoms with Crippen LogP contribution in [0.3, 0.4) is 0 Å². The maximum Gasteiger partial charge on any atom is 0.106 e. The van der Waals surface area contributed by atoms with E-state index in [-0.39, 0.29) is 6.04 Å². The number of nitrogens with zero attached hydrogens (tertiary/aromatic N) is 4. The molecular weight excluding hydrogens is 264 g/mol. The van der Waals surface area contributed by atoms with Crippen molar-refractivity contribution in [2.24, 2.45) is 0 Å². The molecule has 0 saturated heterocycles. The molecular formula is C12H19ClN6. The number of aromatic nitrogens is 5. The van der Waals surface area contributed by atoms with Gasteiger partial charge in [-0.15, -0.1) is 0 Å². The van der Waals surface area contributed by atoms with E-state index in [9.17, 15) is 0 Å².